The van der Waals surface area contributed by atoms with E-state index in [-0.39, 0.29) is 16.0 Å². The Morgan fingerprint density at radius 1 is 1.35 bits per heavy atom. The van der Waals surface area contributed by atoms with E-state index in [1.165, 1.54) is 25.1 Å². The first kappa shape index (κ1) is 14.1. The summed E-state index contributed by atoms with van der Waals surface area (Å²) in [7, 11) is -3.64. The molecular weight excluding hydrogens is 302 g/mol. The Bertz CT molecular complexity index is 669. The van der Waals surface area contributed by atoms with Crippen molar-refractivity contribution in [1.29, 1.82) is 0 Å². The van der Waals surface area contributed by atoms with Gasteiger partial charge in [-0.2, -0.15) is 0 Å². The second kappa shape index (κ2) is 5.14. The number of aromatic amines is 1. The minimum atomic E-state index is -3.64. The summed E-state index contributed by atoms with van der Waals surface area (Å²) in [5.74, 6) is 0. The van der Waals surface area contributed by atoms with Gasteiger partial charge < -0.3 is 4.98 Å². The summed E-state index contributed by atoms with van der Waals surface area (Å²) in [6.07, 6.45) is 4.42. The number of H-pyrrole nitrogens is 1. The molecule has 0 radical (unpaired) electrons. The van der Waals surface area contributed by atoms with Gasteiger partial charge in [-0.15, -0.1) is 0 Å². The number of pyridine rings is 1. The average Bonchev–Trinajstić information content (AvgIpc) is 3.14. The molecular formula is C12H16ClN3O3S. The molecule has 0 bridgehead atoms. The van der Waals surface area contributed by atoms with Gasteiger partial charge in [0.25, 0.3) is 5.56 Å². The van der Waals surface area contributed by atoms with Gasteiger partial charge in [-0.3, -0.25) is 9.69 Å². The number of aromatic nitrogens is 1. The zero-order valence-corrected chi connectivity index (χ0v) is 12.4. The Morgan fingerprint density at radius 2 is 2.10 bits per heavy atom. The average molecular weight is 318 g/mol. The van der Waals surface area contributed by atoms with E-state index in [1.807, 2.05) is 0 Å². The lowest BCUT2D eigenvalue weighted by Gasteiger charge is -2.15. The van der Waals surface area contributed by atoms with Crippen LogP contribution in [0.4, 0.5) is 0 Å². The maximum Gasteiger partial charge on any atom is 0.266 e. The summed E-state index contributed by atoms with van der Waals surface area (Å²) in [6, 6.07) is 1.74. The molecule has 1 saturated carbocycles. The van der Waals surface area contributed by atoms with Gasteiger partial charge in [-0.25, -0.2) is 13.1 Å². The van der Waals surface area contributed by atoms with E-state index in [1.54, 1.807) is 0 Å². The van der Waals surface area contributed by atoms with Crippen molar-refractivity contribution < 1.29 is 8.42 Å². The third kappa shape index (κ3) is 2.90. The van der Waals surface area contributed by atoms with Crippen LogP contribution in [0, 0.1) is 0 Å². The molecule has 6 nitrogen and oxygen atoms in total. The van der Waals surface area contributed by atoms with Gasteiger partial charge in [0.05, 0.1) is 4.90 Å². The largest absolute Gasteiger partial charge is 0.326 e. The highest BCUT2D eigenvalue weighted by atomic mass is 35.5. The van der Waals surface area contributed by atoms with E-state index in [4.69, 9.17) is 11.6 Å². The molecule has 1 aliphatic heterocycles. The van der Waals surface area contributed by atoms with Gasteiger partial charge in [0.1, 0.15) is 5.02 Å². The molecule has 20 heavy (non-hydrogen) atoms. The van der Waals surface area contributed by atoms with Gasteiger partial charge >= 0.3 is 0 Å². The number of hydrogen-bond donors (Lipinski definition) is 2. The molecule has 0 amide bonds. The SMILES string of the molecule is O=c1[nH]cc(S(=O)(=O)NC2CCN(C3CC3)C2)cc1Cl. The van der Waals surface area contributed by atoms with Crippen molar-refractivity contribution in [2.45, 2.75) is 36.2 Å². The normalized spacial score (nSPS) is 24.1. The van der Waals surface area contributed by atoms with Crippen molar-refractivity contribution in [2.24, 2.45) is 0 Å². The minimum absolute atomic E-state index is 0.00743. The first-order valence-electron chi connectivity index (χ1n) is 6.60. The number of nitrogens with one attached hydrogen (secondary N) is 2. The molecule has 2 heterocycles. The zero-order chi connectivity index (χ0) is 14.3. The molecule has 1 aliphatic carbocycles. The first-order valence-corrected chi connectivity index (χ1v) is 8.46. The molecule has 1 aromatic rings. The molecule has 1 saturated heterocycles. The second-order valence-corrected chi connectivity index (χ2v) is 7.47. The van der Waals surface area contributed by atoms with Crippen LogP contribution in [0.1, 0.15) is 19.3 Å². The van der Waals surface area contributed by atoms with E-state index in [2.05, 4.69) is 14.6 Å². The van der Waals surface area contributed by atoms with Gasteiger partial charge in [-0.1, -0.05) is 11.6 Å². The predicted molar refractivity (Wildman–Crippen MR) is 75.4 cm³/mol. The van der Waals surface area contributed by atoms with Crippen molar-refractivity contribution in [3.05, 3.63) is 27.6 Å². The van der Waals surface area contributed by atoms with Gasteiger partial charge in [0, 0.05) is 31.4 Å². The number of sulfonamides is 1. The highest BCUT2D eigenvalue weighted by molar-refractivity contribution is 7.89. The van der Waals surface area contributed by atoms with Crippen molar-refractivity contribution >= 4 is 21.6 Å². The number of nitrogens with zero attached hydrogens (tertiary/aromatic N) is 1. The summed E-state index contributed by atoms with van der Waals surface area (Å²) in [5, 5.41) is -0.126. The number of hydrogen-bond acceptors (Lipinski definition) is 4. The summed E-state index contributed by atoms with van der Waals surface area (Å²) >= 11 is 5.67. The van der Waals surface area contributed by atoms with Crippen LogP contribution in [0.3, 0.4) is 0 Å². The molecule has 1 unspecified atom stereocenters. The molecule has 0 spiro atoms. The molecule has 0 aromatic carbocycles. The Labute approximate surface area is 122 Å². The quantitative estimate of drug-likeness (QED) is 0.849. The van der Waals surface area contributed by atoms with Crippen LogP contribution < -0.4 is 10.3 Å². The lowest BCUT2D eigenvalue weighted by molar-refractivity contribution is 0.322. The maximum absolute atomic E-state index is 12.2. The van der Waals surface area contributed by atoms with Crippen molar-refractivity contribution in [1.82, 2.24) is 14.6 Å². The van der Waals surface area contributed by atoms with Crippen LogP contribution in [-0.4, -0.2) is 43.5 Å². The molecule has 1 aromatic heterocycles. The monoisotopic (exact) mass is 317 g/mol. The van der Waals surface area contributed by atoms with Crippen LogP contribution in [0.2, 0.25) is 5.02 Å². The van der Waals surface area contributed by atoms with Gasteiger partial charge in [0.15, 0.2) is 0 Å². The molecule has 110 valence electrons. The first-order chi connectivity index (χ1) is 9.45. The lowest BCUT2D eigenvalue weighted by Crippen LogP contribution is -2.37. The van der Waals surface area contributed by atoms with E-state index in [0.29, 0.717) is 6.04 Å². The Morgan fingerprint density at radius 3 is 2.75 bits per heavy atom. The molecule has 3 rings (SSSR count). The fourth-order valence-electron chi connectivity index (χ4n) is 2.54. The Kier molecular flexibility index (Phi) is 3.62. The minimum Gasteiger partial charge on any atom is -0.326 e. The van der Waals surface area contributed by atoms with Crippen LogP contribution in [0.5, 0.6) is 0 Å². The fourth-order valence-corrected chi connectivity index (χ4v) is 4.03. The van der Waals surface area contributed by atoms with Crippen LogP contribution in [0.15, 0.2) is 22.0 Å². The summed E-state index contributed by atoms with van der Waals surface area (Å²) in [6.45, 7) is 1.69. The topological polar surface area (TPSA) is 82.3 Å². The third-order valence-corrected chi connectivity index (χ3v) is 5.53. The lowest BCUT2D eigenvalue weighted by atomic mass is 10.3. The molecule has 2 N–H and O–H groups in total. The predicted octanol–water partition coefficient (Wildman–Crippen LogP) is 0.543. The number of rotatable bonds is 4. The van der Waals surface area contributed by atoms with E-state index < -0.39 is 15.6 Å². The maximum atomic E-state index is 12.2. The molecule has 8 heteroatoms. The van der Waals surface area contributed by atoms with E-state index in [0.717, 1.165) is 19.5 Å². The van der Waals surface area contributed by atoms with Crippen molar-refractivity contribution in [3.63, 3.8) is 0 Å². The van der Waals surface area contributed by atoms with Crippen LogP contribution in [0.25, 0.3) is 0 Å². The molecule has 2 fully saturated rings. The van der Waals surface area contributed by atoms with E-state index >= 15 is 0 Å². The summed E-state index contributed by atoms with van der Waals surface area (Å²) in [5.41, 5.74) is -0.494. The standard InChI is InChI=1S/C12H16ClN3O3S/c13-11-5-10(6-14-12(11)17)20(18,19)15-8-3-4-16(7-8)9-1-2-9/h5-6,8-9,15H,1-4,7H2,(H,14,17). The van der Waals surface area contributed by atoms with Crippen LogP contribution in [-0.2, 0) is 10.0 Å². The van der Waals surface area contributed by atoms with Crippen molar-refractivity contribution in [2.75, 3.05) is 13.1 Å². The summed E-state index contributed by atoms with van der Waals surface area (Å²) < 4.78 is 27.1. The molecule has 2 aliphatic rings. The zero-order valence-electron chi connectivity index (χ0n) is 10.8. The van der Waals surface area contributed by atoms with Gasteiger partial charge in [-0.05, 0) is 25.3 Å². The van der Waals surface area contributed by atoms with Gasteiger partial charge in [0.2, 0.25) is 10.0 Å². The fraction of sp³-hybridized carbons (Fsp3) is 0.583. The molecule has 1 atom stereocenters. The summed E-state index contributed by atoms with van der Waals surface area (Å²) in [4.78, 5) is 15.8. The third-order valence-electron chi connectivity index (χ3n) is 3.75. The Hall–Kier alpha value is -0.890. The van der Waals surface area contributed by atoms with Crippen molar-refractivity contribution in [3.8, 4) is 0 Å². The second-order valence-electron chi connectivity index (χ2n) is 5.35. The number of likely N-dealkylation sites (tertiary alicyclic amines) is 1. The highest BCUT2D eigenvalue weighted by Gasteiger charge is 2.35. The number of halogens is 1. The van der Waals surface area contributed by atoms with Crippen LogP contribution >= 0.6 is 11.6 Å². The van der Waals surface area contributed by atoms with E-state index in [9.17, 15) is 13.2 Å². The smallest absolute Gasteiger partial charge is 0.266 e. The highest BCUT2D eigenvalue weighted by Crippen LogP contribution is 2.30. The Balaban J connectivity index is 1.72.